The quantitative estimate of drug-likeness (QED) is 0.932. The molecule has 4 heteroatoms. The Morgan fingerprint density at radius 2 is 2.22 bits per heavy atom. The number of aromatic nitrogens is 1. The number of hydrogen-bond donors (Lipinski definition) is 1. The molecule has 0 aliphatic rings. The van der Waals surface area contributed by atoms with Gasteiger partial charge in [-0.25, -0.2) is 0 Å². The molecule has 3 nitrogen and oxygen atoms in total. The lowest BCUT2D eigenvalue weighted by Gasteiger charge is -2.13. The fourth-order valence-electron chi connectivity index (χ4n) is 1.96. The normalized spacial score (nSPS) is 10.3. The molecule has 2 rings (SSSR count). The molecule has 18 heavy (non-hydrogen) atoms. The summed E-state index contributed by atoms with van der Waals surface area (Å²) in [6.45, 7) is 4.99. The summed E-state index contributed by atoms with van der Waals surface area (Å²) in [5.41, 5.74) is 3.50. The lowest BCUT2D eigenvalue weighted by atomic mass is 10.0. The van der Waals surface area contributed by atoms with E-state index in [1.165, 1.54) is 0 Å². The van der Waals surface area contributed by atoms with Crippen molar-refractivity contribution in [3.8, 4) is 6.07 Å². The predicted octanol–water partition coefficient (Wildman–Crippen LogP) is 4.00. The van der Waals surface area contributed by atoms with Crippen molar-refractivity contribution in [1.82, 2.24) is 4.98 Å². The number of benzene rings is 1. The van der Waals surface area contributed by atoms with E-state index >= 15 is 0 Å². The smallest absolute Gasteiger partial charge is 0.103 e. The molecule has 0 saturated carbocycles. The minimum Gasteiger partial charge on any atom is -0.383 e. The van der Waals surface area contributed by atoms with Crippen LogP contribution in [0.15, 0.2) is 22.8 Å². The second-order valence-corrected chi connectivity index (χ2v) is 5.03. The number of hydrogen-bond acceptors (Lipinski definition) is 3. The number of nitriles is 1. The number of fused-ring (bicyclic) bond motifs is 1. The summed E-state index contributed by atoms with van der Waals surface area (Å²) in [7, 11) is 0. The monoisotopic (exact) mass is 303 g/mol. The Bertz CT molecular complexity index is 629. The molecule has 1 heterocycles. The van der Waals surface area contributed by atoms with Gasteiger partial charge in [0.2, 0.25) is 0 Å². The van der Waals surface area contributed by atoms with Crippen LogP contribution in [0.25, 0.3) is 10.9 Å². The molecule has 1 aromatic carbocycles. The number of halogens is 1. The number of nitrogens with one attached hydrogen (secondary N) is 1. The van der Waals surface area contributed by atoms with Gasteiger partial charge in [-0.05, 0) is 40.9 Å². The zero-order valence-electron chi connectivity index (χ0n) is 10.4. The van der Waals surface area contributed by atoms with E-state index in [2.05, 4.69) is 39.2 Å². The highest BCUT2D eigenvalue weighted by Gasteiger charge is 2.12. The highest BCUT2D eigenvalue weighted by molar-refractivity contribution is 9.10. The lowest BCUT2D eigenvalue weighted by molar-refractivity contribution is 0.980. The van der Waals surface area contributed by atoms with Gasteiger partial charge in [-0.1, -0.05) is 13.0 Å². The van der Waals surface area contributed by atoms with Crippen LogP contribution in [-0.2, 0) is 0 Å². The number of nitrogens with zero attached hydrogens (tertiary/aromatic N) is 2. The molecular formula is C14H14BrN3. The van der Waals surface area contributed by atoms with Gasteiger partial charge in [0.25, 0.3) is 0 Å². The average Bonchev–Trinajstić information content (AvgIpc) is 2.39. The van der Waals surface area contributed by atoms with E-state index in [9.17, 15) is 5.26 Å². The molecule has 2 aromatic rings. The number of aryl methyl sites for hydroxylation is 1. The van der Waals surface area contributed by atoms with Gasteiger partial charge in [0.15, 0.2) is 0 Å². The van der Waals surface area contributed by atoms with Crippen LogP contribution in [0.4, 0.5) is 5.69 Å². The third-order valence-corrected chi connectivity index (χ3v) is 3.49. The van der Waals surface area contributed by atoms with Gasteiger partial charge in [-0.3, -0.25) is 4.98 Å². The fraction of sp³-hybridized carbons (Fsp3) is 0.286. The van der Waals surface area contributed by atoms with Gasteiger partial charge >= 0.3 is 0 Å². The van der Waals surface area contributed by atoms with Crippen molar-refractivity contribution < 1.29 is 0 Å². The van der Waals surface area contributed by atoms with Crippen LogP contribution in [0.1, 0.15) is 24.5 Å². The maximum atomic E-state index is 9.20. The molecule has 92 valence electrons. The van der Waals surface area contributed by atoms with Crippen LogP contribution in [0, 0.1) is 18.3 Å². The van der Waals surface area contributed by atoms with E-state index in [-0.39, 0.29) is 0 Å². The molecule has 0 atom stereocenters. The molecule has 0 aliphatic heterocycles. The summed E-state index contributed by atoms with van der Waals surface area (Å²) in [6, 6.07) is 6.22. The molecule has 0 spiro atoms. The fourth-order valence-corrected chi connectivity index (χ4v) is 2.39. The van der Waals surface area contributed by atoms with Crippen LogP contribution in [0.5, 0.6) is 0 Å². The molecule has 0 bridgehead atoms. The summed E-state index contributed by atoms with van der Waals surface area (Å²) < 4.78 is 0.951. The largest absolute Gasteiger partial charge is 0.383 e. The van der Waals surface area contributed by atoms with Crippen LogP contribution in [-0.4, -0.2) is 11.5 Å². The number of pyridine rings is 1. The summed E-state index contributed by atoms with van der Waals surface area (Å²) in [5.74, 6) is 0. The second-order valence-electron chi connectivity index (χ2n) is 4.17. The first kappa shape index (κ1) is 12.8. The number of anilines is 1. The lowest BCUT2D eigenvalue weighted by Crippen LogP contribution is -2.04. The zero-order valence-corrected chi connectivity index (χ0v) is 12.0. The van der Waals surface area contributed by atoms with Gasteiger partial charge < -0.3 is 5.32 Å². The zero-order chi connectivity index (χ0) is 13.1. The van der Waals surface area contributed by atoms with Crippen molar-refractivity contribution in [1.29, 1.82) is 5.26 Å². The summed E-state index contributed by atoms with van der Waals surface area (Å²) >= 11 is 3.51. The van der Waals surface area contributed by atoms with Gasteiger partial charge in [0.05, 0.1) is 16.8 Å². The third-order valence-electron chi connectivity index (χ3n) is 2.85. The first-order chi connectivity index (χ1) is 8.69. The molecule has 0 aliphatic carbocycles. The maximum Gasteiger partial charge on any atom is 0.103 e. The van der Waals surface area contributed by atoms with E-state index in [1.54, 1.807) is 6.20 Å². The maximum absolute atomic E-state index is 9.20. The van der Waals surface area contributed by atoms with Gasteiger partial charge in [0.1, 0.15) is 6.07 Å². The van der Waals surface area contributed by atoms with Crippen molar-refractivity contribution in [2.75, 3.05) is 11.9 Å². The van der Waals surface area contributed by atoms with E-state index in [4.69, 9.17) is 0 Å². The van der Waals surface area contributed by atoms with Crippen LogP contribution >= 0.6 is 15.9 Å². The second kappa shape index (κ2) is 5.36. The van der Waals surface area contributed by atoms with E-state index in [0.717, 1.165) is 39.6 Å². The number of rotatable bonds is 3. The van der Waals surface area contributed by atoms with E-state index in [1.807, 2.05) is 19.1 Å². The van der Waals surface area contributed by atoms with Crippen molar-refractivity contribution >= 4 is 32.5 Å². The van der Waals surface area contributed by atoms with Crippen LogP contribution < -0.4 is 5.32 Å². The highest BCUT2D eigenvalue weighted by atomic mass is 79.9. The molecule has 0 amide bonds. The average molecular weight is 304 g/mol. The minimum absolute atomic E-state index is 0.595. The highest BCUT2D eigenvalue weighted by Crippen LogP contribution is 2.32. The molecule has 1 N–H and O–H groups in total. The third kappa shape index (κ3) is 2.19. The van der Waals surface area contributed by atoms with Crippen LogP contribution in [0.2, 0.25) is 0 Å². The molecule has 0 unspecified atom stereocenters. The Morgan fingerprint density at radius 1 is 1.44 bits per heavy atom. The van der Waals surface area contributed by atoms with E-state index in [0.29, 0.717) is 5.56 Å². The van der Waals surface area contributed by atoms with Crippen molar-refractivity contribution in [2.24, 2.45) is 0 Å². The summed E-state index contributed by atoms with van der Waals surface area (Å²) in [5, 5.41) is 13.6. The molecule has 0 saturated heterocycles. The molecular weight excluding hydrogens is 290 g/mol. The molecule has 0 radical (unpaired) electrons. The van der Waals surface area contributed by atoms with Gasteiger partial charge in [-0.15, -0.1) is 0 Å². The first-order valence-corrected chi connectivity index (χ1v) is 6.70. The van der Waals surface area contributed by atoms with E-state index < -0.39 is 0 Å². The standard InChI is InChI=1S/C14H14BrN3/c1-3-6-17-13-10(7-16)8-18-14-11(15)5-4-9(2)12(13)14/h4-5,8H,3,6H2,1-2H3,(H,17,18). The Balaban J connectivity index is 2.76. The minimum atomic E-state index is 0.595. The SMILES string of the molecule is CCCNc1c(C#N)cnc2c(Br)ccc(C)c12. The van der Waals surface area contributed by atoms with Crippen molar-refractivity contribution in [3.63, 3.8) is 0 Å². The van der Waals surface area contributed by atoms with Crippen molar-refractivity contribution in [3.05, 3.63) is 33.9 Å². The summed E-state index contributed by atoms with van der Waals surface area (Å²) in [4.78, 5) is 4.37. The Labute approximate surface area is 115 Å². The van der Waals surface area contributed by atoms with Crippen molar-refractivity contribution in [2.45, 2.75) is 20.3 Å². The Morgan fingerprint density at radius 3 is 2.89 bits per heavy atom. The molecule has 0 fully saturated rings. The predicted molar refractivity (Wildman–Crippen MR) is 77.7 cm³/mol. The topological polar surface area (TPSA) is 48.7 Å². The van der Waals surface area contributed by atoms with Gasteiger partial charge in [0, 0.05) is 22.6 Å². The molecule has 1 aromatic heterocycles. The Kier molecular flexibility index (Phi) is 3.83. The summed E-state index contributed by atoms with van der Waals surface area (Å²) in [6.07, 6.45) is 2.65. The van der Waals surface area contributed by atoms with Gasteiger partial charge in [-0.2, -0.15) is 5.26 Å². The van der Waals surface area contributed by atoms with Crippen LogP contribution in [0.3, 0.4) is 0 Å². The first-order valence-electron chi connectivity index (χ1n) is 5.90. The Hall–Kier alpha value is -1.60.